The summed E-state index contributed by atoms with van der Waals surface area (Å²) in [5, 5.41) is 3.38. The first-order chi connectivity index (χ1) is 11.1. The standard InChI is InChI=1S/C18H24N2O3/c1-13(21)14-4-2-5-17(8-14)23-7-3-6-18(22)20-11-15-9-19-10-16(15)12-20/h2,4-5,8,15-16,19H,3,6-7,9-12H2,1H3/t15-,16+. The van der Waals surface area contributed by atoms with Crippen molar-refractivity contribution in [2.24, 2.45) is 11.8 Å². The van der Waals surface area contributed by atoms with Crippen molar-refractivity contribution in [2.45, 2.75) is 19.8 Å². The zero-order valence-electron chi connectivity index (χ0n) is 13.6. The van der Waals surface area contributed by atoms with Gasteiger partial charge in [0.1, 0.15) is 5.75 Å². The number of hydrogen-bond donors (Lipinski definition) is 1. The molecule has 5 heteroatoms. The van der Waals surface area contributed by atoms with Gasteiger partial charge in [-0.05, 0) is 37.3 Å². The van der Waals surface area contributed by atoms with Crippen LogP contribution in [0, 0.1) is 11.8 Å². The molecule has 0 aromatic heterocycles. The number of Topliss-reactive ketones (excluding diaryl/α,β-unsaturated/α-hetero) is 1. The number of hydrogen-bond acceptors (Lipinski definition) is 4. The highest BCUT2D eigenvalue weighted by Crippen LogP contribution is 2.26. The fourth-order valence-electron chi connectivity index (χ4n) is 3.44. The number of carbonyl (C=O) groups excluding carboxylic acids is 2. The maximum absolute atomic E-state index is 12.2. The van der Waals surface area contributed by atoms with E-state index in [-0.39, 0.29) is 11.7 Å². The Morgan fingerprint density at radius 1 is 1.26 bits per heavy atom. The van der Waals surface area contributed by atoms with Gasteiger partial charge in [-0.1, -0.05) is 12.1 Å². The van der Waals surface area contributed by atoms with Crippen LogP contribution in [0.5, 0.6) is 5.75 Å². The quantitative estimate of drug-likeness (QED) is 0.641. The first-order valence-corrected chi connectivity index (χ1v) is 8.36. The molecule has 1 N–H and O–H groups in total. The third-order valence-electron chi connectivity index (χ3n) is 4.79. The lowest BCUT2D eigenvalue weighted by molar-refractivity contribution is -0.130. The summed E-state index contributed by atoms with van der Waals surface area (Å²) in [5.74, 6) is 2.24. The average Bonchev–Trinajstić information content (AvgIpc) is 3.13. The first-order valence-electron chi connectivity index (χ1n) is 8.36. The Morgan fingerprint density at radius 2 is 2.00 bits per heavy atom. The fourth-order valence-corrected chi connectivity index (χ4v) is 3.44. The second kappa shape index (κ2) is 7.13. The zero-order chi connectivity index (χ0) is 16.2. The van der Waals surface area contributed by atoms with E-state index in [1.165, 1.54) is 0 Å². The number of fused-ring (bicyclic) bond motifs is 1. The van der Waals surface area contributed by atoms with Gasteiger partial charge < -0.3 is 15.0 Å². The second-order valence-corrected chi connectivity index (χ2v) is 6.51. The van der Waals surface area contributed by atoms with Crippen molar-refractivity contribution in [1.29, 1.82) is 0 Å². The molecule has 124 valence electrons. The van der Waals surface area contributed by atoms with E-state index in [4.69, 9.17) is 4.74 Å². The van der Waals surface area contributed by atoms with Crippen LogP contribution < -0.4 is 10.1 Å². The molecule has 0 spiro atoms. The summed E-state index contributed by atoms with van der Waals surface area (Å²) in [5.41, 5.74) is 0.649. The number of rotatable bonds is 6. The highest BCUT2D eigenvalue weighted by atomic mass is 16.5. The SMILES string of the molecule is CC(=O)c1cccc(OCCCC(=O)N2C[C@H]3CNC[C@H]3C2)c1. The number of ether oxygens (including phenoxy) is 1. The van der Waals surface area contributed by atoms with Crippen molar-refractivity contribution >= 4 is 11.7 Å². The molecular formula is C18H24N2O3. The zero-order valence-corrected chi connectivity index (χ0v) is 13.6. The van der Waals surface area contributed by atoms with E-state index in [2.05, 4.69) is 5.32 Å². The van der Waals surface area contributed by atoms with Crippen LogP contribution in [0.15, 0.2) is 24.3 Å². The predicted molar refractivity (Wildman–Crippen MR) is 87.6 cm³/mol. The predicted octanol–water partition coefficient (Wildman–Crippen LogP) is 1.73. The molecule has 2 saturated heterocycles. The number of ketones is 1. The molecular weight excluding hydrogens is 292 g/mol. The van der Waals surface area contributed by atoms with Gasteiger partial charge >= 0.3 is 0 Å². The van der Waals surface area contributed by atoms with Gasteiger partial charge in [-0.15, -0.1) is 0 Å². The van der Waals surface area contributed by atoms with Gasteiger partial charge in [-0.2, -0.15) is 0 Å². The molecule has 1 aromatic carbocycles. The van der Waals surface area contributed by atoms with Crippen LogP contribution in [0.1, 0.15) is 30.1 Å². The molecule has 1 amide bonds. The minimum Gasteiger partial charge on any atom is -0.494 e. The van der Waals surface area contributed by atoms with Crippen LogP contribution in [0.3, 0.4) is 0 Å². The third kappa shape index (κ3) is 3.91. The number of benzene rings is 1. The van der Waals surface area contributed by atoms with Gasteiger partial charge in [0.15, 0.2) is 5.78 Å². The Morgan fingerprint density at radius 3 is 2.70 bits per heavy atom. The first kappa shape index (κ1) is 16.0. The molecule has 2 aliphatic rings. The fraction of sp³-hybridized carbons (Fsp3) is 0.556. The number of carbonyl (C=O) groups is 2. The molecule has 2 atom stereocenters. The Bertz CT molecular complexity index is 575. The van der Waals surface area contributed by atoms with Gasteiger partial charge in [0.05, 0.1) is 6.61 Å². The van der Waals surface area contributed by atoms with Gasteiger partial charge in [-0.3, -0.25) is 9.59 Å². The average molecular weight is 316 g/mol. The summed E-state index contributed by atoms with van der Waals surface area (Å²) in [6.45, 7) is 5.93. The second-order valence-electron chi connectivity index (χ2n) is 6.51. The van der Waals surface area contributed by atoms with E-state index in [1.54, 1.807) is 19.1 Å². The number of nitrogens with zero attached hydrogens (tertiary/aromatic N) is 1. The topological polar surface area (TPSA) is 58.6 Å². The van der Waals surface area contributed by atoms with Crippen molar-refractivity contribution in [3.63, 3.8) is 0 Å². The minimum atomic E-state index is 0.0275. The summed E-state index contributed by atoms with van der Waals surface area (Å²) in [6, 6.07) is 7.17. The summed E-state index contributed by atoms with van der Waals surface area (Å²) < 4.78 is 5.65. The highest BCUT2D eigenvalue weighted by molar-refractivity contribution is 5.94. The lowest BCUT2D eigenvalue weighted by Gasteiger charge is -2.17. The summed E-state index contributed by atoms with van der Waals surface area (Å²) in [4.78, 5) is 25.6. The summed E-state index contributed by atoms with van der Waals surface area (Å²) >= 11 is 0. The van der Waals surface area contributed by atoms with Gasteiger partial charge in [0.2, 0.25) is 5.91 Å². The van der Waals surface area contributed by atoms with E-state index in [1.807, 2.05) is 17.0 Å². The van der Waals surface area contributed by atoms with Crippen molar-refractivity contribution in [3.05, 3.63) is 29.8 Å². The molecule has 5 nitrogen and oxygen atoms in total. The van der Waals surface area contributed by atoms with Crippen LogP contribution in [0.4, 0.5) is 0 Å². The van der Waals surface area contributed by atoms with Crippen LogP contribution in [-0.4, -0.2) is 49.4 Å². The Hall–Kier alpha value is -1.88. The van der Waals surface area contributed by atoms with Crippen LogP contribution >= 0.6 is 0 Å². The van der Waals surface area contributed by atoms with Crippen LogP contribution in [0.25, 0.3) is 0 Å². The van der Waals surface area contributed by atoms with Crippen molar-refractivity contribution in [2.75, 3.05) is 32.8 Å². The molecule has 2 aliphatic heterocycles. The van der Waals surface area contributed by atoms with Crippen LogP contribution in [-0.2, 0) is 4.79 Å². The molecule has 0 saturated carbocycles. The highest BCUT2D eigenvalue weighted by Gasteiger charge is 2.37. The lowest BCUT2D eigenvalue weighted by atomic mass is 10.0. The Kier molecular flexibility index (Phi) is 4.96. The maximum atomic E-state index is 12.2. The smallest absolute Gasteiger partial charge is 0.222 e. The molecule has 0 unspecified atom stereocenters. The molecule has 3 rings (SSSR count). The largest absolute Gasteiger partial charge is 0.494 e. The van der Waals surface area contributed by atoms with E-state index in [0.29, 0.717) is 42.6 Å². The molecule has 0 radical (unpaired) electrons. The van der Waals surface area contributed by atoms with Crippen molar-refractivity contribution in [1.82, 2.24) is 10.2 Å². The maximum Gasteiger partial charge on any atom is 0.222 e. The minimum absolute atomic E-state index is 0.0275. The number of amides is 1. The molecule has 1 aromatic rings. The molecule has 23 heavy (non-hydrogen) atoms. The van der Waals surface area contributed by atoms with E-state index in [0.717, 1.165) is 26.2 Å². The van der Waals surface area contributed by atoms with E-state index >= 15 is 0 Å². The summed E-state index contributed by atoms with van der Waals surface area (Å²) in [7, 11) is 0. The lowest BCUT2D eigenvalue weighted by Crippen LogP contribution is -2.31. The third-order valence-corrected chi connectivity index (χ3v) is 4.79. The van der Waals surface area contributed by atoms with Gasteiger partial charge in [0, 0.05) is 38.2 Å². The molecule has 0 aliphatic carbocycles. The van der Waals surface area contributed by atoms with Crippen LogP contribution in [0.2, 0.25) is 0 Å². The van der Waals surface area contributed by atoms with Gasteiger partial charge in [0.25, 0.3) is 0 Å². The van der Waals surface area contributed by atoms with Crippen molar-refractivity contribution < 1.29 is 14.3 Å². The molecule has 2 heterocycles. The normalized spacial score (nSPS) is 22.9. The van der Waals surface area contributed by atoms with E-state index < -0.39 is 0 Å². The summed E-state index contributed by atoms with van der Waals surface area (Å²) in [6.07, 6.45) is 1.23. The molecule has 0 bridgehead atoms. The van der Waals surface area contributed by atoms with Gasteiger partial charge in [-0.25, -0.2) is 0 Å². The monoisotopic (exact) mass is 316 g/mol. The Balaban J connectivity index is 1.39. The van der Waals surface area contributed by atoms with E-state index in [9.17, 15) is 9.59 Å². The number of likely N-dealkylation sites (tertiary alicyclic amines) is 1. The Labute approximate surface area is 137 Å². The number of nitrogens with one attached hydrogen (secondary N) is 1. The van der Waals surface area contributed by atoms with Crippen molar-refractivity contribution in [3.8, 4) is 5.75 Å². The molecule has 2 fully saturated rings.